The summed E-state index contributed by atoms with van der Waals surface area (Å²) in [6.07, 6.45) is 0.104. The van der Waals surface area contributed by atoms with Crippen LogP contribution in [0.3, 0.4) is 0 Å². The molecule has 2 rings (SSSR count). The summed E-state index contributed by atoms with van der Waals surface area (Å²) >= 11 is 0. The van der Waals surface area contributed by atoms with Gasteiger partial charge in [-0.3, -0.25) is 14.3 Å². The number of aromatic nitrogens is 2. The molecule has 1 aromatic rings. The van der Waals surface area contributed by atoms with E-state index >= 15 is 0 Å². The molecule has 3 atom stereocenters. The van der Waals surface area contributed by atoms with Crippen molar-refractivity contribution in [3.8, 4) is 0 Å². The number of nitrogens with zero attached hydrogens (tertiary/aromatic N) is 4. The Labute approximate surface area is 147 Å². The van der Waals surface area contributed by atoms with Crippen LogP contribution in [0, 0.1) is 6.92 Å². The number of aromatic amines is 1. The number of aryl methyl sites for hydroxylation is 1. The largest absolute Gasteiger partial charge is 0.447 e. The highest BCUT2D eigenvalue weighted by molar-refractivity contribution is 5.67. The Kier molecular flexibility index (Phi) is 6.78. The second kappa shape index (κ2) is 9.04. The number of amides is 1. The second-order valence-corrected chi connectivity index (χ2v) is 5.78. The number of nitrogens with two attached hydrogens (primary N) is 1. The lowest BCUT2D eigenvalue weighted by atomic mass is 10.1. The van der Waals surface area contributed by atoms with Gasteiger partial charge in [-0.05, 0) is 25.4 Å². The van der Waals surface area contributed by atoms with E-state index in [4.69, 9.17) is 20.7 Å². The van der Waals surface area contributed by atoms with Crippen molar-refractivity contribution < 1.29 is 14.3 Å². The van der Waals surface area contributed by atoms with Crippen LogP contribution in [0.15, 0.2) is 20.9 Å². The minimum Gasteiger partial charge on any atom is -0.447 e. The number of H-pyrrole nitrogens is 1. The maximum Gasteiger partial charge on any atom is 0.407 e. The maximum absolute atomic E-state index is 12.0. The summed E-state index contributed by atoms with van der Waals surface area (Å²) in [4.78, 5) is 40.0. The molecule has 26 heavy (non-hydrogen) atoms. The van der Waals surface area contributed by atoms with E-state index in [9.17, 15) is 14.4 Å². The fraction of sp³-hybridized carbons (Fsp3) is 0.643. The molecule has 0 radical (unpaired) electrons. The molecular weight excluding hydrogens is 346 g/mol. The molecule has 4 N–H and O–H groups in total. The van der Waals surface area contributed by atoms with Crippen LogP contribution in [0.2, 0.25) is 0 Å². The average Bonchev–Trinajstić information content (AvgIpc) is 2.99. The SMILES string of the molecule is Cc1cn(C2CC(N=[N+]=[N-])C(COC(=O)NCCCN)O2)c(=O)[nH]c1=O. The molecule has 2 heterocycles. The van der Waals surface area contributed by atoms with Gasteiger partial charge in [-0.1, -0.05) is 5.11 Å². The van der Waals surface area contributed by atoms with E-state index < -0.39 is 35.7 Å². The monoisotopic (exact) mass is 367 g/mol. The van der Waals surface area contributed by atoms with Crippen molar-refractivity contribution >= 4 is 6.09 Å². The molecule has 1 amide bonds. The zero-order valence-corrected chi connectivity index (χ0v) is 14.3. The van der Waals surface area contributed by atoms with Crippen LogP contribution in [-0.4, -0.2) is 47.5 Å². The minimum absolute atomic E-state index is 0.147. The van der Waals surface area contributed by atoms with E-state index in [0.717, 1.165) is 0 Å². The molecule has 142 valence electrons. The fourth-order valence-corrected chi connectivity index (χ4v) is 2.53. The first-order valence-electron chi connectivity index (χ1n) is 8.08. The van der Waals surface area contributed by atoms with Crippen LogP contribution in [0.1, 0.15) is 24.6 Å². The van der Waals surface area contributed by atoms with Crippen LogP contribution in [0.4, 0.5) is 4.79 Å². The maximum atomic E-state index is 12.0. The molecule has 3 unspecified atom stereocenters. The average molecular weight is 367 g/mol. The molecule has 1 aliphatic heterocycles. The smallest absolute Gasteiger partial charge is 0.407 e. The van der Waals surface area contributed by atoms with Crippen molar-refractivity contribution in [1.29, 1.82) is 0 Å². The van der Waals surface area contributed by atoms with Gasteiger partial charge in [0.1, 0.15) is 18.9 Å². The first-order valence-corrected chi connectivity index (χ1v) is 8.08. The molecule has 1 aliphatic rings. The Bertz CT molecular complexity index is 798. The molecule has 0 saturated carbocycles. The molecule has 1 fully saturated rings. The number of hydrogen-bond donors (Lipinski definition) is 3. The number of nitrogens with one attached hydrogen (secondary N) is 2. The van der Waals surface area contributed by atoms with E-state index in [0.29, 0.717) is 25.1 Å². The van der Waals surface area contributed by atoms with Crippen LogP contribution in [0.5, 0.6) is 0 Å². The lowest BCUT2D eigenvalue weighted by Crippen LogP contribution is -2.34. The highest BCUT2D eigenvalue weighted by atomic mass is 16.6. The quantitative estimate of drug-likeness (QED) is 0.262. The van der Waals surface area contributed by atoms with Gasteiger partial charge in [0.05, 0.1) is 6.04 Å². The molecule has 1 aromatic heterocycles. The van der Waals surface area contributed by atoms with Gasteiger partial charge in [-0.25, -0.2) is 9.59 Å². The van der Waals surface area contributed by atoms with E-state index in [1.54, 1.807) is 6.92 Å². The third kappa shape index (κ3) is 4.85. The van der Waals surface area contributed by atoms with Crippen molar-refractivity contribution in [2.45, 2.75) is 38.1 Å². The lowest BCUT2D eigenvalue weighted by Gasteiger charge is -2.17. The third-order valence-electron chi connectivity index (χ3n) is 3.89. The van der Waals surface area contributed by atoms with Crippen LogP contribution in [0.25, 0.3) is 10.4 Å². The van der Waals surface area contributed by atoms with E-state index in [2.05, 4.69) is 20.3 Å². The Morgan fingerprint density at radius 1 is 1.62 bits per heavy atom. The van der Waals surface area contributed by atoms with Crippen molar-refractivity contribution in [2.24, 2.45) is 10.8 Å². The molecular formula is C14H21N7O5. The minimum atomic E-state index is -0.748. The number of carbonyl (C=O) groups is 1. The van der Waals surface area contributed by atoms with E-state index in [1.807, 2.05) is 0 Å². The van der Waals surface area contributed by atoms with Crippen molar-refractivity contribution in [2.75, 3.05) is 19.7 Å². The van der Waals surface area contributed by atoms with E-state index in [-0.39, 0.29) is 13.0 Å². The highest BCUT2D eigenvalue weighted by Crippen LogP contribution is 2.30. The highest BCUT2D eigenvalue weighted by Gasteiger charge is 2.37. The Balaban J connectivity index is 2.05. The van der Waals surface area contributed by atoms with Gasteiger partial charge in [0.15, 0.2) is 0 Å². The van der Waals surface area contributed by atoms with Crippen LogP contribution < -0.4 is 22.3 Å². The standard InChI is InChI=1S/C14H21N7O5/c1-8-6-21(13(23)18-12(8)22)11-5-9(19-20-16)10(26-11)7-25-14(24)17-4-2-3-15/h6,9-11H,2-5,7,15H2,1H3,(H,17,24)(H,18,22,23). The van der Waals surface area contributed by atoms with Crippen molar-refractivity contribution in [1.82, 2.24) is 14.9 Å². The molecule has 12 nitrogen and oxygen atoms in total. The predicted octanol–water partition coefficient (Wildman–Crippen LogP) is -0.114. The van der Waals surface area contributed by atoms with Crippen LogP contribution in [-0.2, 0) is 9.47 Å². The fourth-order valence-electron chi connectivity index (χ4n) is 2.53. The van der Waals surface area contributed by atoms with Gasteiger partial charge in [0.25, 0.3) is 5.56 Å². The molecule has 1 saturated heterocycles. The van der Waals surface area contributed by atoms with Crippen molar-refractivity contribution in [3.05, 3.63) is 43.0 Å². The molecule has 12 heteroatoms. The first kappa shape index (κ1) is 19.5. The topological polar surface area (TPSA) is 177 Å². The molecule has 0 aromatic carbocycles. The number of rotatable bonds is 7. The summed E-state index contributed by atoms with van der Waals surface area (Å²) < 4.78 is 12.0. The van der Waals surface area contributed by atoms with Crippen molar-refractivity contribution in [3.63, 3.8) is 0 Å². The van der Waals surface area contributed by atoms with Gasteiger partial charge in [0.2, 0.25) is 0 Å². The number of ether oxygens (including phenoxy) is 2. The summed E-state index contributed by atoms with van der Waals surface area (Å²) in [5.74, 6) is 0. The first-order chi connectivity index (χ1) is 12.5. The normalized spacial score (nSPS) is 21.8. The number of hydrogen-bond acceptors (Lipinski definition) is 7. The summed E-state index contributed by atoms with van der Waals surface area (Å²) in [6, 6.07) is -0.624. The number of azide groups is 1. The zero-order chi connectivity index (χ0) is 19.1. The zero-order valence-electron chi connectivity index (χ0n) is 14.3. The summed E-state index contributed by atoms with van der Waals surface area (Å²) in [5, 5.41) is 6.17. The van der Waals surface area contributed by atoms with Gasteiger partial charge < -0.3 is 20.5 Å². The molecule has 0 bridgehead atoms. The predicted molar refractivity (Wildman–Crippen MR) is 90.5 cm³/mol. The Hall–Kier alpha value is -2.82. The summed E-state index contributed by atoms with van der Waals surface area (Å²) in [5.41, 5.74) is 13.3. The van der Waals surface area contributed by atoms with Gasteiger partial charge >= 0.3 is 11.8 Å². The molecule has 0 spiro atoms. The summed E-state index contributed by atoms with van der Waals surface area (Å²) in [6.45, 7) is 2.24. The Morgan fingerprint density at radius 3 is 3.08 bits per heavy atom. The number of carbonyl (C=O) groups excluding carboxylic acids is 1. The third-order valence-corrected chi connectivity index (χ3v) is 3.89. The van der Waals surface area contributed by atoms with Gasteiger partial charge in [-0.15, -0.1) is 0 Å². The summed E-state index contributed by atoms with van der Waals surface area (Å²) in [7, 11) is 0. The second-order valence-electron chi connectivity index (χ2n) is 5.78. The van der Waals surface area contributed by atoms with Gasteiger partial charge in [0, 0.05) is 29.6 Å². The molecule has 0 aliphatic carbocycles. The Morgan fingerprint density at radius 2 is 2.38 bits per heavy atom. The number of alkyl carbamates (subject to hydrolysis) is 1. The lowest BCUT2D eigenvalue weighted by molar-refractivity contribution is -0.0307. The van der Waals surface area contributed by atoms with E-state index in [1.165, 1.54) is 10.8 Å². The van der Waals surface area contributed by atoms with Gasteiger partial charge in [-0.2, -0.15) is 0 Å². The van der Waals surface area contributed by atoms with Crippen LogP contribution >= 0.6 is 0 Å².